The van der Waals surface area contributed by atoms with Crippen LogP contribution in [-0.2, 0) is 0 Å². The number of nitrogens with zero attached hydrogens (tertiary/aromatic N) is 2. The molecule has 0 amide bonds. The first-order valence-corrected chi connectivity index (χ1v) is 5.10. The topological polar surface area (TPSA) is 56.4 Å². The zero-order chi connectivity index (χ0) is 9.26. The molecule has 4 nitrogen and oxygen atoms in total. The fourth-order valence-electron chi connectivity index (χ4n) is 2.37. The maximum absolute atomic E-state index is 7.38. The summed E-state index contributed by atoms with van der Waals surface area (Å²) in [5.74, 6) is 0.241. The van der Waals surface area contributed by atoms with Crippen molar-refractivity contribution in [2.45, 2.75) is 25.3 Å². The Labute approximate surface area is 79.2 Å². The van der Waals surface area contributed by atoms with Gasteiger partial charge in [-0.3, -0.25) is 10.3 Å². The molecular formula is C9H18N4. The first-order chi connectivity index (χ1) is 6.27. The molecule has 0 aliphatic carbocycles. The molecule has 3 N–H and O–H groups in total. The Morgan fingerprint density at radius 3 is 2.85 bits per heavy atom. The molecule has 2 saturated heterocycles. The largest absolute Gasteiger partial charge is 0.370 e. The second-order valence-electron chi connectivity index (χ2n) is 4.02. The highest BCUT2D eigenvalue weighted by Gasteiger charge is 2.28. The second-order valence-corrected chi connectivity index (χ2v) is 4.02. The van der Waals surface area contributed by atoms with E-state index in [2.05, 4.69) is 4.90 Å². The molecular weight excluding hydrogens is 164 g/mol. The highest BCUT2D eigenvalue weighted by atomic mass is 15.3. The van der Waals surface area contributed by atoms with Gasteiger partial charge >= 0.3 is 0 Å². The smallest absolute Gasteiger partial charge is 0.188 e. The number of hydrogen-bond donors (Lipinski definition) is 2. The van der Waals surface area contributed by atoms with Gasteiger partial charge in [0.1, 0.15) is 0 Å². The molecule has 1 atom stereocenters. The number of rotatable bonds is 0. The van der Waals surface area contributed by atoms with Crippen LogP contribution in [0.1, 0.15) is 19.3 Å². The molecule has 2 aliphatic heterocycles. The van der Waals surface area contributed by atoms with Crippen molar-refractivity contribution in [1.29, 1.82) is 5.41 Å². The number of piperidine rings is 1. The zero-order valence-electron chi connectivity index (χ0n) is 8.00. The first-order valence-electron chi connectivity index (χ1n) is 5.10. The van der Waals surface area contributed by atoms with Gasteiger partial charge in [-0.15, -0.1) is 0 Å². The van der Waals surface area contributed by atoms with Crippen LogP contribution in [0.5, 0.6) is 0 Å². The number of guanidine groups is 1. The average Bonchev–Trinajstić information content (AvgIpc) is 2.17. The SMILES string of the molecule is N=C(N)N1CCN2CCCCC2C1. The highest BCUT2D eigenvalue weighted by Crippen LogP contribution is 2.20. The van der Waals surface area contributed by atoms with Gasteiger partial charge in [-0.25, -0.2) is 0 Å². The van der Waals surface area contributed by atoms with E-state index < -0.39 is 0 Å². The molecule has 0 bridgehead atoms. The zero-order valence-corrected chi connectivity index (χ0v) is 8.00. The number of piperazine rings is 1. The molecule has 0 aromatic rings. The Hall–Kier alpha value is -0.770. The predicted molar refractivity (Wildman–Crippen MR) is 52.7 cm³/mol. The molecule has 2 fully saturated rings. The van der Waals surface area contributed by atoms with Crippen LogP contribution >= 0.6 is 0 Å². The van der Waals surface area contributed by atoms with Crippen LogP contribution in [0, 0.1) is 5.41 Å². The molecule has 13 heavy (non-hydrogen) atoms. The number of nitrogens with two attached hydrogens (primary N) is 1. The number of hydrogen-bond acceptors (Lipinski definition) is 2. The summed E-state index contributed by atoms with van der Waals surface area (Å²) in [6.07, 6.45) is 3.97. The Bertz CT molecular complexity index is 204. The van der Waals surface area contributed by atoms with Gasteiger partial charge in [0, 0.05) is 25.7 Å². The molecule has 1 unspecified atom stereocenters. The van der Waals surface area contributed by atoms with E-state index in [0.29, 0.717) is 6.04 Å². The van der Waals surface area contributed by atoms with E-state index in [-0.39, 0.29) is 5.96 Å². The fourth-order valence-corrected chi connectivity index (χ4v) is 2.37. The summed E-state index contributed by atoms with van der Waals surface area (Å²) in [4.78, 5) is 4.54. The maximum Gasteiger partial charge on any atom is 0.188 e. The number of fused-ring (bicyclic) bond motifs is 1. The van der Waals surface area contributed by atoms with Crippen LogP contribution in [0.25, 0.3) is 0 Å². The summed E-state index contributed by atoms with van der Waals surface area (Å²) in [7, 11) is 0. The lowest BCUT2D eigenvalue weighted by molar-refractivity contribution is 0.0794. The van der Waals surface area contributed by atoms with Crippen molar-refractivity contribution >= 4 is 5.96 Å². The van der Waals surface area contributed by atoms with Gasteiger partial charge in [0.2, 0.25) is 0 Å². The third kappa shape index (κ3) is 1.77. The van der Waals surface area contributed by atoms with Gasteiger partial charge in [-0.2, -0.15) is 0 Å². The van der Waals surface area contributed by atoms with E-state index in [4.69, 9.17) is 11.1 Å². The molecule has 2 heterocycles. The minimum Gasteiger partial charge on any atom is -0.370 e. The third-order valence-electron chi connectivity index (χ3n) is 3.18. The van der Waals surface area contributed by atoms with Crippen LogP contribution in [0.3, 0.4) is 0 Å². The van der Waals surface area contributed by atoms with Crippen molar-refractivity contribution in [2.24, 2.45) is 5.73 Å². The lowest BCUT2D eigenvalue weighted by Crippen LogP contribution is -2.57. The monoisotopic (exact) mass is 182 g/mol. The minimum atomic E-state index is 0.241. The molecule has 2 aliphatic rings. The van der Waals surface area contributed by atoms with E-state index >= 15 is 0 Å². The van der Waals surface area contributed by atoms with Gasteiger partial charge in [0.25, 0.3) is 0 Å². The van der Waals surface area contributed by atoms with Crippen LogP contribution in [0.15, 0.2) is 0 Å². The van der Waals surface area contributed by atoms with Crippen molar-refractivity contribution < 1.29 is 0 Å². The Balaban J connectivity index is 1.95. The van der Waals surface area contributed by atoms with E-state index in [1.165, 1.54) is 25.8 Å². The average molecular weight is 182 g/mol. The summed E-state index contributed by atoms with van der Waals surface area (Å²) >= 11 is 0. The molecule has 0 aromatic heterocycles. The van der Waals surface area contributed by atoms with Gasteiger partial charge in [0.05, 0.1) is 0 Å². The van der Waals surface area contributed by atoms with Gasteiger partial charge in [-0.05, 0) is 19.4 Å². The summed E-state index contributed by atoms with van der Waals surface area (Å²) < 4.78 is 0. The Morgan fingerprint density at radius 2 is 2.08 bits per heavy atom. The highest BCUT2D eigenvalue weighted by molar-refractivity contribution is 5.74. The van der Waals surface area contributed by atoms with E-state index in [1.807, 2.05) is 4.90 Å². The summed E-state index contributed by atoms with van der Waals surface area (Å²) in [6.45, 7) is 4.24. The van der Waals surface area contributed by atoms with Crippen molar-refractivity contribution in [3.05, 3.63) is 0 Å². The molecule has 2 rings (SSSR count). The van der Waals surface area contributed by atoms with Gasteiger partial charge in [0.15, 0.2) is 5.96 Å². The van der Waals surface area contributed by atoms with Crippen molar-refractivity contribution in [3.63, 3.8) is 0 Å². The van der Waals surface area contributed by atoms with Crippen LogP contribution in [0.4, 0.5) is 0 Å². The number of nitrogens with one attached hydrogen (secondary N) is 1. The summed E-state index contributed by atoms with van der Waals surface area (Å²) in [5, 5.41) is 7.38. The van der Waals surface area contributed by atoms with Crippen LogP contribution in [-0.4, -0.2) is 48.0 Å². The van der Waals surface area contributed by atoms with E-state index in [1.54, 1.807) is 0 Å². The fraction of sp³-hybridized carbons (Fsp3) is 0.889. The molecule has 74 valence electrons. The van der Waals surface area contributed by atoms with E-state index in [0.717, 1.165) is 19.6 Å². The molecule has 0 radical (unpaired) electrons. The first kappa shape index (κ1) is 8.81. The summed E-state index contributed by atoms with van der Waals surface area (Å²) in [5.41, 5.74) is 5.48. The second kappa shape index (κ2) is 3.54. The third-order valence-corrected chi connectivity index (χ3v) is 3.18. The van der Waals surface area contributed by atoms with E-state index in [9.17, 15) is 0 Å². The quantitative estimate of drug-likeness (QED) is 0.411. The molecule has 4 heteroatoms. The van der Waals surface area contributed by atoms with Gasteiger partial charge in [-0.1, -0.05) is 6.42 Å². The van der Waals surface area contributed by atoms with Gasteiger partial charge < -0.3 is 10.6 Å². The van der Waals surface area contributed by atoms with Crippen molar-refractivity contribution in [2.75, 3.05) is 26.2 Å². The Morgan fingerprint density at radius 1 is 1.23 bits per heavy atom. The standard InChI is InChI=1S/C9H18N4/c10-9(11)13-6-5-12-4-2-1-3-8(12)7-13/h8H,1-7H2,(H3,10,11). The van der Waals surface area contributed by atoms with Crippen LogP contribution in [0.2, 0.25) is 0 Å². The lowest BCUT2D eigenvalue weighted by atomic mass is 10.00. The Kier molecular flexibility index (Phi) is 2.40. The minimum absolute atomic E-state index is 0.241. The van der Waals surface area contributed by atoms with Crippen LogP contribution < -0.4 is 5.73 Å². The molecule has 0 saturated carbocycles. The molecule has 0 aromatic carbocycles. The lowest BCUT2D eigenvalue weighted by Gasteiger charge is -2.44. The molecule has 0 spiro atoms. The normalized spacial score (nSPS) is 29.8. The summed E-state index contributed by atoms with van der Waals surface area (Å²) in [6, 6.07) is 0.659. The predicted octanol–water partition coefficient (Wildman–Crippen LogP) is 0.0500. The van der Waals surface area contributed by atoms with Crippen molar-refractivity contribution in [1.82, 2.24) is 9.80 Å². The maximum atomic E-state index is 7.38. The van der Waals surface area contributed by atoms with Crippen molar-refractivity contribution in [3.8, 4) is 0 Å².